The Morgan fingerprint density at radius 3 is 2.42 bits per heavy atom. The van der Waals surface area contributed by atoms with Crippen molar-refractivity contribution < 1.29 is 13.2 Å². The van der Waals surface area contributed by atoms with Crippen molar-refractivity contribution in [2.45, 2.75) is 26.7 Å². The van der Waals surface area contributed by atoms with Gasteiger partial charge in [-0.25, -0.2) is 13.6 Å². The van der Waals surface area contributed by atoms with E-state index in [1.165, 1.54) is 6.42 Å². The van der Waals surface area contributed by atoms with Gasteiger partial charge < -0.3 is 10.2 Å². The number of carbonyl (C=O) groups excluding carboxylic acids is 1. The van der Waals surface area contributed by atoms with E-state index in [4.69, 9.17) is 5.14 Å². The number of primary sulfonamides is 1. The van der Waals surface area contributed by atoms with Crippen molar-refractivity contribution in [2.75, 3.05) is 31.9 Å². The second kappa shape index (κ2) is 7.21. The summed E-state index contributed by atoms with van der Waals surface area (Å²) in [6.07, 6.45) is 1.20. The number of likely N-dealkylation sites (tertiary alicyclic amines) is 1. The molecule has 0 aromatic heterocycles. The van der Waals surface area contributed by atoms with Crippen molar-refractivity contribution in [1.29, 1.82) is 0 Å². The molecule has 2 atom stereocenters. The number of rotatable bonds is 6. The third kappa shape index (κ3) is 7.49. The molecule has 112 valence electrons. The van der Waals surface area contributed by atoms with E-state index in [0.29, 0.717) is 18.4 Å². The van der Waals surface area contributed by atoms with Gasteiger partial charge in [-0.2, -0.15) is 0 Å². The topological polar surface area (TPSA) is 92.5 Å². The normalized spacial score (nSPS) is 25.2. The summed E-state index contributed by atoms with van der Waals surface area (Å²) in [5, 5.41) is 7.58. The van der Waals surface area contributed by atoms with E-state index in [-0.39, 0.29) is 18.1 Å². The Balaban J connectivity index is 2.17. The molecule has 1 amide bonds. The number of nitrogens with one attached hydrogen (secondary N) is 1. The molecular formula is C12H25N3O3S. The highest BCUT2D eigenvalue weighted by atomic mass is 32.2. The molecule has 1 heterocycles. The average molecular weight is 291 g/mol. The molecule has 0 radical (unpaired) electrons. The summed E-state index contributed by atoms with van der Waals surface area (Å²) < 4.78 is 21.4. The third-order valence-electron chi connectivity index (χ3n) is 3.31. The molecule has 3 N–H and O–H groups in total. The van der Waals surface area contributed by atoms with Gasteiger partial charge in [0.2, 0.25) is 15.9 Å². The number of nitrogens with two attached hydrogens (primary N) is 1. The number of carbonyl (C=O) groups is 1. The van der Waals surface area contributed by atoms with E-state index >= 15 is 0 Å². The van der Waals surface area contributed by atoms with Crippen LogP contribution in [0, 0.1) is 11.8 Å². The lowest BCUT2D eigenvalue weighted by molar-refractivity contribution is -0.120. The van der Waals surface area contributed by atoms with Gasteiger partial charge in [0.25, 0.3) is 0 Å². The summed E-state index contributed by atoms with van der Waals surface area (Å²) >= 11 is 0. The molecule has 0 spiro atoms. The smallest absolute Gasteiger partial charge is 0.221 e. The van der Waals surface area contributed by atoms with E-state index in [2.05, 4.69) is 24.1 Å². The van der Waals surface area contributed by atoms with E-state index in [1.807, 2.05) is 0 Å². The predicted molar refractivity (Wildman–Crippen MR) is 75.0 cm³/mol. The van der Waals surface area contributed by atoms with Gasteiger partial charge in [-0.05, 0) is 18.3 Å². The second-order valence-corrected chi connectivity index (χ2v) is 7.41. The third-order valence-corrected chi connectivity index (χ3v) is 4.08. The van der Waals surface area contributed by atoms with Crippen LogP contribution in [0.5, 0.6) is 0 Å². The number of hydrogen-bond donors (Lipinski definition) is 2. The quantitative estimate of drug-likeness (QED) is 0.706. The van der Waals surface area contributed by atoms with Crippen molar-refractivity contribution in [3.63, 3.8) is 0 Å². The largest absolute Gasteiger partial charge is 0.355 e. The standard InChI is InChI=1S/C12H25N3O3S/c1-10-7-11(2)9-15(8-10)5-4-14-12(16)3-6-19(13,17)18/h10-11H,3-9H2,1-2H3,(H,14,16)(H2,13,17,18). The van der Waals surface area contributed by atoms with Crippen LogP contribution in [-0.4, -0.2) is 51.2 Å². The molecule has 6 nitrogen and oxygen atoms in total. The Hall–Kier alpha value is -0.660. The summed E-state index contributed by atoms with van der Waals surface area (Å²) in [7, 11) is -3.55. The molecule has 1 aliphatic rings. The Morgan fingerprint density at radius 2 is 1.89 bits per heavy atom. The molecule has 0 saturated carbocycles. The highest BCUT2D eigenvalue weighted by Gasteiger charge is 2.21. The first-order valence-corrected chi connectivity index (χ1v) is 8.47. The van der Waals surface area contributed by atoms with Crippen LogP contribution in [0.15, 0.2) is 0 Å². The van der Waals surface area contributed by atoms with Crippen LogP contribution in [0.2, 0.25) is 0 Å². The van der Waals surface area contributed by atoms with Crippen LogP contribution in [0.4, 0.5) is 0 Å². The zero-order valence-electron chi connectivity index (χ0n) is 11.8. The zero-order valence-corrected chi connectivity index (χ0v) is 12.6. The van der Waals surface area contributed by atoms with Gasteiger partial charge in [0.15, 0.2) is 0 Å². The van der Waals surface area contributed by atoms with Crippen molar-refractivity contribution in [2.24, 2.45) is 17.0 Å². The lowest BCUT2D eigenvalue weighted by Crippen LogP contribution is -2.43. The average Bonchev–Trinajstić information content (AvgIpc) is 2.24. The fraction of sp³-hybridized carbons (Fsp3) is 0.917. The van der Waals surface area contributed by atoms with Gasteiger partial charge in [-0.3, -0.25) is 4.79 Å². The maximum absolute atomic E-state index is 11.4. The Kier molecular flexibility index (Phi) is 6.22. The van der Waals surface area contributed by atoms with Crippen molar-refractivity contribution >= 4 is 15.9 Å². The molecule has 2 unspecified atom stereocenters. The van der Waals surface area contributed by atoms with Crippen LogP contribution < -0.4 is 10.5 Å². The highest BCUT2D eigenvalue weighted by Crippen LogP contribution is 2.20. The summed E-state index contributed by atoms with van der Waals surface area (Å²) in [6, 6.07) is 0. The van der Waals surface area contributed by atoms with Gasteiger partial charge in [-0.1, -0.05) is 13.8 Å². The Bertz CT molecular complexity index is 387. The predicted octanol–water partition coefficient (Wildman–Crippen LogP) is -0.241. The van der Waals surface area contributed by atoms with Gasteiger partial charge in [0.1, 0.15) is 0 Å². The van der Waals surface area contributed by atoms with Gasteiger partial charge >= 0.3 is 0 Å². The minimum atomic E-state index is -3.55. The second-order valence-electron chi connectivity index (χ2n) is 5.67. The zero-order chi connectivity index (χ0) is 14.5. The van der Waals surface area contributed by atoms with Gasteiger partial charge in [0.05, 0.1) is 5.75 Å². The summed E-state index contributed by atoms with van der Waals surface area (Å²) in [4.78, 5) is 13.8. The van der Waals surface area contributed by atoms with Crippen LogP contribution in [-0.2, 0) is 14.8 Å². The van der Waals surface area contributed by atoms with E-state index in [9.17, 15) is 13.2 Å². The molecule has 0 bridgehead atoms. The summed E-state index contributed by atoms with van der Waals surface area (Å²) in [6.45, 7) is 7.99. The minimum Gasteiger partial charge on any atom is -0.355 e. The molecule has 1 rings (SSSR count). The van der Waals surface area contributed by atoms with Gasteiger partial charge in [0, 0.05) is 32.6 Å². The number of hydrogen-bond acceptors (Lipinski definition) is 4. The van der Waals surface area contributed by atoms with E-state index in [1.54, 1.807) is 0 Å². The maximum atomic E-state index is 11.4. The Labute approximate surface area is 115 Å². The first kappa shape index (κ1) is 16.4. The van der Waals surface area contributed by atoms with Crippen LogP contribution in [0.1, 0.15) is 26.7 Å². The first-order chi connectivity index (χ1) is 8.76. The lowest BCUT2D eigenvalue weighted by atomic mass is 9.92. The molecular weight excluding hydrogens is 266 g/mol. The molecule has 1 fully saturated rings. The molecule has 1 saturated heterocycles. The molecule has 0 aromatic carbocycles. The molecule has 7 heteroatoms. The number of amides is 1. The number of nitrogens with zero attached hydrogens (tertiary/aromatic N) is 1. The maximum Gasteiger partial charge on any atom is 0.221 e. The molecule has 19 heavy (non-hydrogen) atoms. The monoisotopic (exact) mass is 291 g/mol. The summed E-state index contributed by atoms with van der Waals surface area (Å²) in [5.74, 6) is 0.840. The van der Waals surface area contributed by atoms with Crippen molar-refractivity contribution in [3.8, 4) is 0 Å². The fourth-order valence-corrected chi connectivity index (χ4v) is 3.12. The van der Waals surface area contributed by atoms with Crippen molar-refractivity contribution in [1.82, 2.24) is 10.2 Å². The molecule has 0 aliphatic carbocycles. The number of piperidine rings is 1. The van der Waals surface area contributed by atoms with Gasteiger partial charge in [-0.15, -0.1) is 0 Å². The van der Waals surface area contributed by atoms with Crippen LogP contribution in [0.3, 0.4) is 0 Å². The van der Waals surface area contributed by atoms with E-state index < -0.39 is 10.0 Å². The molecule has 1 aliphatic heterocycles. The van der Waals surface area contributed by atoms with Crippen LogP contribution >= 0.6 is 0 Å². The minimum absolute atomic E-state index is 0.0639. The Morgan fingerprint density at radius 1 is 1.32 bits per heavy atom. The van der Waals surface area contributed by atoms with Crippen LogP contribution in [0.25, 0.3) is 0 Å². The summed E-state index contributed by atoms with van der Waals surface area (Å²) in [5.41, 5.74) is 0. The van der Waals surface area contributed by atoms with Crippen molar-refractivity contribution in [3.05, 3.63) is 0 Å². The number of sulfonamides is 1. The SMILES string of the molecule is CC1CC(C)CN(CCNC(=O)CCS(N)(=O)=O)C1. The first-order valence-electron chi connectivity index (χ1n) is 6.76. The lowest BCUT2D eigenvalue weighted by Gasteiger charge is -2.34. The highest BCUT2D eigenvalue weighted by molar-refractivity contribution is 7.89. The molecule has 0 aromatic rings. The fourth-order valence-electron chi connectivity index (χ4n) is 2.65. The van der Waals surface area contributed by atoms with E-state index in [0.717, 1.165) is 19.6 Å².